The number of carbonyl (C=O) groups is 2. The van der Waals surface area contributed by atoms with Crippen LogP contribution in [0.4, 0.5) is 5.69 Å². The van der Waals surface area contributed by atoms with Gasteiger partial charge in [0.2, 0.25) is 11.8 Å². The standard InChI is InChI=1S/C21H24ClN3O3/c1-2-3-12-28-19-9-4-6-16(13-19)15-23-25-21(27)11-10-20(26)24-18-8-5-7-17(22)14-18/h4-9,13-15H,2-3,10-12H2,1H3,(H,24,26)(H,25,27). The van der Waals surface area contributed by atoms with E-state index < -0.39 is 0 Å². The van der Waals surface area contributed by atoms with E-state index in [2.05, 4.69) is 22.8 Å². The molecule has 0 unspecified atom stereocenters. The first-order valence-electron chi connectivity index (χ1n) is 9.17. The number of unbranched alkanes of at least 4 members (excludes halogenated alkanes) is 1. The van der Waals surface area contributed by atoms with Gasteiger partial charge in [0.25, 0.3) is 0 Å². The number of halogens is 1. The molecule has 0 aliphatic rings. The lowest BCUT2D eigenvalue weighted by atomic mass is 10.2. The number of amides is 2. The maximum Gasteiger partial charge on any atom is 0.240 e. The topological polar surface area (TPSA) is 79.8 Å². The molecule has 0 saturated heterocycles. The Balaban J connectivity index is 1.73. The lowest BCUT2D eigenvalue weighted by Gasteiger charge is -2.06. The minimum absolute atomic E-state index is 0.0317. The number of ether oxygens (including phenoxy) is 1. The Hall–Kier alpha value is -2.86. The molecule has 0 aliphatic carbocycles. The van der Waals surface area contributed by atoms with Crippen LogP contribution in [0.5, 0.6) is 5.75 Å². The number of benzene rings is 2. The lowest BCUT2D eigenvalue weighted by Crippen LogP contribution is -2.20. The van der Waals surface area contributed by atoms with Gasteiger partial charge in [0, 0.05) is 23.6 Å². The van der Waals surface area contributed by atoms with Crippen molar-refractivity contribution in [1.82, 2.24) is 5.43 Å². The van der Waals surface area contributed by atoms with E-state index in [-0.39, 0.29) is 24.7 Å². The van der Waals surface area contributed by atoms with Gasteiger partial charge in [0.1, 0.15) is 5.75 Å². The molecule has 0 atom stereocenters. The van der Waals surface area contributed by atoms with E-state index in [1.54, 1.807) is 24.3 Å². The minimum atomic E-state index is -0.340. The maximum absolute atomic E-state index is 11.9. The van der Waals surface area contributed by atoms with Crippen molar-refractivity contribution in [3.63, 3.8) is 0 Å². The fourth-order valence-corrected chi connectivity index (χ4v) is 2.46. The Kier molecular flexibility index (Phi) is 9.01. The summed E-state index contributed by atoms with van der Waals surface area (Å²) in [6.45, 7) is 2.78. The molecule has 6 nitrogen and oxygen atoms in total. The third kappa shape index (κ3) is 8.22. The summed E-state index contributed by atoms with van der Waals surface area (Å²) < 4.78 is 5.63. The van der Waals surface area contributed by atoms with Gasteiger partial charge in [0.05, 0.1) is 12.8 Å². The minimum Gasteiger partial charge on any atom is -0.494 e. The highest BCUT2D eigenvalue weighted by Crippen LogP contribution is 2.15. The molecule has 0 radical (unpaired) electrons. The summed E-state index contributed by atoms with van der Waals surface area (Å²) in [5.41, 5.74) is 3.83. The van der Waals surface area contributed by atoms with Gasteiger partial charge < -0.3 is 10.1 Å². The average Bonchev–Trinajstić information content (AvgIpc) is 2.67. The molecular weight excluding hydrogens is 378 g/mol. The normalized spacial score (nSPS) is 10.6. The van der Waals surface area contributed by atoms with Crippen molar-refractivity contribution in [2.24, 2.45) is 5.10 Å². The van der Waals surface area contributed by atoms with Crippen LogP contribution < -0.4 is 15.5 Å². The maximum atomic E-state index is 11.9. The van der Waals surface area contributed by atoms with E-state index in [0.29, 0.717) is 17.3 Å². The van der Waals surface area contributed by atoms with Crippen LogP contribution in [0.15, 0.2) is 53.6 Å². The molecule has 0 aliphatic heterocycles. The van der Waals surface area contributed by atoms with Gasteiger partial charge in [-0.2, -0.15) is 5.10 Å². The second kappa shape index (κ2) is 11.8. The molecule has 2 aromatic carbocycles. The van der Waals surface area contributed by atoms with Crippen LogP contribution in [0.2, 0.25) is 5.02 Å². The van der Waals surface area contributed by atoms with Gasteiger partial charge in [-0.1, -0.05) is 43.1 Å². The number of hydrazone groups is 1. The van der Waals surface area contributed by atoms with E-state index in [0.717, 1.165) is 24.2 Å². The van der Waals surface area contributed by atoms with Crippen LogP contribution in [-0.2, 0) is 9.59 Å². The van der Waals surface area contributed by atoms with Gasteiger partial charge >= 0.3 is 0 Å². The summed E-state index contributed by atoms with van der Waals surface area (Å²) in [5.74, 6) is 0.160. The van der Waals surface area contributed by atoms with Crippen LogP contribution in [0.1, 0.15) is 38.2 Å². The van der Waals surface area contributed by atoms with Gasteiger partial charge in [-0.15, -0.1) is 0 Å². The third-order valence-corrected chi connectivity index (χ3v) is 3.95. The molecule has 2 aromatic rings. The average molecular weight is 402 g/mol. The highest BCUT2D eigenvalue weighted by atomic mass is 35.5. The molecule has 2 N–H and O–H groups in total. The van der Waals surface area contributed by atoms with E-state index in [4.69, 9.17) is 16.3 Å². The second-order valence-corrected chi connectivity index (χ2v) is 6.56. The molecule has 0 saturated carbocycles. The largest absolute Gasteiger partial charge is 0.494 e. The van der Waals surface area contributed by atoms with E-state index in [1.807, 2.05) is 24.3 Å². The smallest absolute Gasteiger partial charge is 0.240 e. The summed E-state index contributed by atoms with van der Waals surface area (Å²) in [4.78, 5) is 23.7. The molecule has 0 fully saturated rings. The number of nitrogens with one attached hydrogen (secondary N) is 2. The van der Waals surface area contributed by atoms with E-state index in [1.165, 1.54) is 6.21 Å². The fraction of sp³-hybridized carbons (Fsp3) is 0.286. The summed E-state index contributed by atoms with van der Waals surface area (Å²) >= 11 is 5.87. The Bertz CT molecular complexity index is 824. The van der Waals surface area contributed by atoms with E-state index in [9.17, 15) is 9.59 Å². The number of hydrogen-bond acceptors (Lipinski definition) is 4. The Labute approximate surface area is 169 Å². The van der Waals surface area contributed by atoms with Crippen molar-refractivity contribution in [2.45, 2.75) is 32.6 Å². The zero-order chi connectivity index (χ0) is 20.2. The summed E-state index contributed by atoms with van der Waals surface area (Å²) in [5, 5.41) is 7.15. The summed E-state index contributed by atoms with van der Waals surface area (Å²) in [6.07, 6.45) is 3.69. The lowest BCUT2D eigenvalue weighted by molar-refractivity contribution is -0.124. The Morgan fingerprint density at radius 2 is 1.89 bits per heavy atom. The monoisotopic (exact) mass is 401 g/mol. The molecule has 0 heterocycles. The second-order valence-electron chi connectivity index (χ2n) is 6.13. The van der Waals surface area contributed by atoms with Crippen LogP contribution >= 0.6 is 11.6 Å². The quantitative estimate of drug-likeness (QED) is 0.352. The molecule has 7 heteroatoms. The molecule has 28 heavy (non-hydrogen) atoms. The Morgan fingerprint density at radius 3 is 2.68 bits per heavy atom. The van der Waals surface area contributed by atoms with Crippen LogP contribution in [0, 0.1) is 0 Å². The zero-order valence-electron chi connectivity index (χ0n) is 15.8. The van der Waals surface area contributed by atoms with Crippen LogP contribution in [-0.4, -0.2) is 24.6 Å². The SMILES string of the molecule is CCCCOc1cccc(C=NNC(=O)CCC(=O)Nc2cccc(Cl)c2)c1. The molecule has 2 amide bonds. The fourth-order valence-electron chi connectivity index (χ4n) is 2.27. The van der Waals surface area contributed by atoms with Crippen molar-refractivity contribution in [3.05, 3.63) is 59.1 Å². The van der Waals surface area contributed by atoms with E-state index >= 15 is 0 Å². The molecule has 148 valence electrons. The van der Waals surface area contributed by atoms with Crippen LogP contribution in [0.3, 0.4) is 0 Å². The Morgan fingerprint density at radius 1 is 1.11 bits per heavy atom. The highest BCUT2D eigenvalue weighted by Gasteiger charge is 2.07. The van der Waals surface area contributed by atoms with Crippen molar-refractivity contribution in [2.75, 3.05) is 11.9 Å². The third-order valence-electron chi connectivity index (χ3n) is 3.72. The van der Waals surface area contributed by atoms with Crippen molar-refractivity contribution in [1.29, 1.82) is 0 Å². The predicted molar refractivity (Wildman–Crippen MR) is 112 cm³/mol. The molecule has 2 rings (SSSR count). The molecular formula is C21H24ClN3O3. The van der Waals surface area contributed by atoms with Crippen molar-refractivity contribution < 1.29 is 14.3 Å². The summed E-state index contributed by atoms with van der Waals surface area (Å²) in [7, 11) is 0. The highest BCUT2D eigenvalue weighted by molar-refractivity contribution is 6.30. The van der Waals surface area contributed by atoms with Gasteiger partial charge in [-0.25, -0.2) is 5.43 Å². The van der Waals surface area contributed by atoms with Crippen molar-refractivity contribution in [3.8, 4) is 5.75 Å². The predicted octanol–water partition coefficient (Wildman–Crippen LogP) is 4.39. The zero-order valence-corrected chi connectivity index (χ0v) is 16.5. The number of anilines is 1. The number of rotatable bonds is 10. The number of hydrogen-bond donors (Lipinski definition) is 2. The van der Waals surface area contributed by atoms with Gasteiger partial charge in [-0.3, -0.25) is 9.59 Å². The van der Waals surface area contributed by atoms with Gasteiger partial charge in [0.15, 0.2) is 0 Å². The van der Waals surface area contributed by atoms with Crippen LogP contribution in [0.25, 0.3) is 0 Å². The first-order valence-corrected chi connectivity index (χ1v) is 9.55. The molecule has 0 bridgehead atoms. The molecule has 0 aromatic heterocycles. The number of nitrogens with zero attached hydrogens (tertiary/aromatic N) is 1. The first kappa shape index (κ1) is 21.4. The van der Waals surface area contributed by atoms with Gasteiger partial charge in [-0.05, 0) is 42.3 Å². The molecule has 0 spiro atoms. The van der Waals surface area contributed by atoms with Crippen molar-refractivity contribution >= 4 is 35.3 Å². The summed E-state index contributed by atoms with van der Waals surface area (Å²) in [6, 6.07) is 14.3. The first-order chi connectivity index (χ1) is 13.6. The number of carbonyl (C=O) groups excluding carboxylic acids is 2.